The van der Waals surface area contributed by atoms with Crippen molar-refractivity contribution in [2.75, 3.05) is 20.1 Å². The van der Waals surface area contributed by atoms with Gasteiger partial charge in [-0.15, -0.1) is 0 Å². The fourth-order valence-electron chi connectivity index (χ4n) is 2.12. The van der Waals surface area contributed by atoms with Gasteiger partial charge in [-0.05, 0) is 26.4 Å². The Bertz CT molecular complexity index is 305. The Morgan fingerprint density at radius 3 is 3.25 bits per heavy atom. The van der Waals surface area contributed by atoms with E-state index in [1.165, 1.54) is 19.3 Å². The average Bonchev–Trinajstić information content (AvgIpc) is 2.75. The zero-order chi connectivity index (χ0) is 11.2. The van der Waals surface area contributed by atoms with Crippen LogP contribution in [-0.4, -0.2) is 31.2 Å². The summed E-state index contributed by atoms with van der Waals surface area (Å²) in [7, 11) is 1.95. The van der Waals surface area contributed by atoms with Crippen LogP contribution in [0.5, 0.6) is 0 Å². The lowest BCUT2D eigenvalue weighted by Gasteiger charge is -2.21. The minimum atomic E-state index is 0.560. The summed E-state index contributed by atoms with van der Waals surface area (Å²) in [4.78, 5) is 4.33. The molecule has 0 bridgehead atoms. The Labute approximate surface area is 96.8 Å². The third-order valence-electron chi connectivity index (χ3n) is 3.06. The smallest absolute Gasteiger partial charge is 0.195 e. The third kappa shape index (κ3) is 3.32. The predicted octanol–water partition coefficient (Wildman–Crippen LogP) is 1.12. The van der Waals surface area contributed by atoms with Crippen molar-refractivity contribution in [1.82, 2.24) is 15.6 Å². The monoisotopic (exact) mass is 223 g/mol. The first kappa shape index (κ1) is 11.6. The number of rotatable bonds is 5. The van der Waals surface area contributed by atoms with Gasteiger partial charge in [-0.2, -0.15) is 0 Å². The van der Waals surface area contributed by atoms with E-state index < -0.39 is 0 Å². The molecule has 0 saturated carbocycles. The molecule has 1 unspecified atom stereocenters. The second-order valence-electron chi connectivity index (χ2n) is 4.42. The standard InChI is InChI=1S/C12H21N3O/c1-13-7-5-11-9-15-12(16-11)8-10-4-2-3-6-14-10/h9-10,13-14H,2-8H2,1H3. The van der Waals surface area contributed by atoms with Gasteiger partial charge in [-0.3, -0.25) is 0 Å². The summed E-state index contributed by atoms with van der Waals surface area (Å²) in [6, 6.07) is 0.560. The van der Waals surface area contributed by atoms with Crippen LogP contribution in [0.4, 0.5) is 0 Å². The highest BCUT2D eigenvalue weighted by Gasteiger charge is 2.15. The Morgan fingerprint density at radius 2 is 2.50 bits per heavy atom. The first-order valence-electron chi connectivity index (χ1n) is 6.20. The molecule has 0 aromatic carbocycles. The number of oxazole rings is 1. The van der Waals surface area contributed by atoms with E-state index in [9.17, 15) is 0 Å². The maximum atomic E-state index is 5.70. The lowest BCUT2D eigenvalue weighted by molar-refractivity contribution is 0.360. The summed E-state index contributed by atoms with van der Waals surface area (Å²) in [5.41, 5.74) is 0. The second kappa shape index (κ2) is 6.01. The molecule has 0 radical (unpaired) electrons. The lowest BCUT2D eigenvalue weighted by Crippen LogP contribution is -2.35. The summed E-state index contributed by atoms with van der Waals surface area (Å²) in [6.07, 6.45) is 7.57. The van der Waals surface area contributed by atoms with Gasteiger partial charge in [0.25, 0.3) is 0 Å². The summed E-state index contributed by atoms with van der Waals surface area (Å²) in [5.74, 6) is 1.87. The van der Waals surface area contributed by atoms with Crippen LogP contribution in [0.1, 0.15) is 30.9 Å². The maximum absolute atomic E-state index is 5.70. The van der Waals surface area contributed by atoms with Crippen LogP contribution in [0.15, 0.2) is 10.6 Å². The first-order chi connectivity index (χ1) is 7.88. The van der Waals surface area contributed by atoms with Gasteiger partial charge < -0.3 is 15.1 Å². The Hall–Kier alpha value is -0.870. The average molecular weight is 223 g/mol. The van der Waals surface area contributed by atoms with Crippen molar-refractivity contribution in [2.24, 2.45) is 0 Å². The molecule has 1 aromatic rings. The van der Waals surface area contributed by atoms with E-state index in [4.69, 9.17) is 4.42 Å². The molecule has 0 amide bonds. The molecule has 90 valence electrons. The number of hydrogen-bond donors (Lipinski definition) is 2. The van der Waals surface area contributed by atoms with Crippen LogP contribution in [0.2, 0.25) is 0 Å². The maximum Gasteiger partial charge on any atom is 0.195 e. The fraction of sp³-hybridized carbons (Fsp3) is 0.750. The summed E-state index contributed by atoms with van der Waals surface area (Å²) >= 11 is 0. The third-order valence-corrected chi connectivity index (χ3v) is 3.06. The van der Waals surface area contributed by atoms with E-state index in [2.05, 4.69) is 15.6 Å². The SMILES string of the molecule is CNCCc1cnc(CC2CCCCN2)o1. The molecule has 2 rings (SSSR count). The number of nitrogens with one attached hydrogen (secondary N) is 2. The number of piperidine rings is 1. The topological polar surface area (TPSA) is 50.1 Å². The number of nitrogens with zero attached hydrogens (tertiary/aromatic N) is 1. The van der Waals surface area contributed by atoms with Gasteiger partial charge >= 0.3 is 0 Å². The fourth-order valence-corrected chi connectivity index (χ4v) is 2.12. The molecule has 4 nitrogen and oxygen atoms in total. The van der Waals surface area contributed by atoms with Crippen molar-refractivity contribution < 1.29 is 4.42 Å². The first-order valence-corrected chi connectivity index (χ1v) is 6.20. The zero-order valence-corrected chi connectivity index (χ0v) is 9.96. The second-order valence-corrected chi connectivity index (χ2v) is 4.42. The summed E-state index contributed by atoms with van der Waals surface area (Å²) in [6.45, 7) is 2.08. The molecule has 0 spiro atoms. The largest absolute Gasteiger partial charge is 0.446 e. The van der Waals surface area contributed by atoms with Crippen molar-refractivity contribution in [3.63, 3.8) is 0 Å². The molecular formula is C12H21N3O. The van der Waals surface area contributed by atoms with Crippen LogP contribution in [0.25, 0.3) is 0 Å². The van der Waals surface area contributed by atoms with Crippen LogP contribution < -0.4 is 10.6 Å². The molecule has 0 aliphatic carbocycles. The van der Waals surface area contributed by atoms with Crippen molar-refractivity contribution >= 4 is 0 Å². The van der Waals surface area contributed by atoms with Gasteiger partial charge in [-0.25, -0.2) is 4.98 Å². The minimum absolute atomic E-state index is 0.560. The van der Waals surface area contributed by atoms with Crippen molar-refractivity contribution in [1.29, 1.82) is 0 Å². The van der Waals surface area contributed by atoms with Gasteiger partial charge in [0.05, 0.1) is 6.20 Å². The number of hydrogen-bond acceptors (Lipinski definition) is 4. The van der Waals surface area contributed by atoms with E-state index in [1.807, 2.05) is 13.2 Å². The number of aromatic nitrogens is 1. The molecule has 2 heterocycles. The van der Waals surface area contributed by atoms with Crippen LogP contribution >= 0.6 is 0 Å². The van der Waals surface area contributed by atoms with Gasteiger partial charge in [-0.1, -0.05) is 6.42 Å². The molecular weight excluding hydrogens is 202 g/mol. The highest BCUT2D eigenvalue weighted by Crippen LogP contribution is 2.13. The molecule has 16 heavy (non-hydrogen) atoms. The molecule has 1 fully saturated rings. The molecule has 2 N–H and O–H groups in total. The highest BCUT2D eigenvalue weighted by molar-refractivity contribution is 4.97. The van der Waals surface area contributed by atoms with E-state index in [-0.39, 0.29) is 0 Å². The van der Waals surface area contributed by atoms with E-state index >= 15 is 0 Å². The normalized spacial score (nSPS) is 21.2. The van der Waals surface area contributed by atoms with E-state index in [0.717, 1.165) is 37.6 Å². The van der Waals surface area contributed by atoms with E-state index in [1.54, 1.807) is 0 Å². The van der Waals surface area contributed by atoms with Gasteiger partial charge in [0.15, 0.2) is 5.89 Å². The molecule has 1 atom stereocenters. The molecule has 1 aliphatic rings. The zero-order valence-electron chi connectivity index (χ0n) is 9.96. The van der Waals surface area contributed by atoms with Crippen LogP contribution in [0.3, 0.4) is 0 Å². The lowest BCUT2D eigenvalue weighted by atomic mass is 10.0. The Morgan fingerprint density at radius 1 is 1.56 bits per heavy atom. The molecule has 1 aliphatic heterocycles. The van der Waals surface area contributed by atoms with Crippen LogP contribution in [-0.2, 0) is 12.8 Å². The van der Waals surface area contributed by atoms with Gasteiger partial charge in [0, 0.05) is 25.4 Å². The van der Waals surface area contributed by atoms with Crippen molar-refractivity contribution in [3.05, 3.63) is 17.8 Å². The number of likely N-dealkylation sites (N-methyl/N-ethyl adjacent to an activating group) is 1. The van der Waals surface area contributed by atoms with Crippen molar-refractivity contribution in [2.45, 2.75) is 38.1 Å². The highest BCUT2D eigenvalue weighted by atomic mass is 16.4. The Balaban J connectivity index is 1.81. The molecule has 4 heteroatoms. The van der Waals surface area contributed by atoms with Gasteiger partial charge in [0.2, 0.25) is 0 Å². The van der Waals surface area contributed by atoms with Gasteiger partial charge in [0.1, 0.15) is 5.76 Å². The van der Waals surface area contributed by atoms with E-state index in [0.29, 0.717) is 6.04 Å². The molecule has 1 saturated heterocycles. The summed E-state index contributed by atoms with van der Waals surface area (Å²) in [5, 5.41) is 6.61. The molecule has 1 aromatic heterocycles. The summed E-state index contributed by atoms with van der Waals surface area (Å²) < 4.78 is 5.70. The minimum Gasteiger partial charge on any atom is -0.446 e. The quantitative estimate of drug-likeness (QED) is 0.785. The Kier molecular flexibility index (Phi) is 4.36. The van der Waals surface area contributed by atoms with Crippen LogP contribution in [0, 0.1) is 0 Å². The van der Waals surface area contributed by atoms with Crippen molar-refractivity contribution in [3.8, 4) is 0 Å². The predicted molar refractivity (Wildman–Crippen MR) is 63.5 cm³/mol.